The van der Waals surface area contributed by atoms with Crippen LogP contribution in [0, 0.1) is 0 Å². The topological polar surface area (TPSA) is 66.6 Å². The average Bonchev–Trinajstić information content (AvgIpc) is 3.34. The van der Waals surface area contributed by atoms with Crippen molar-refractivity contribution in [3.8, 4) is 0 Å². The number of anilines is 1. The number of nitrogens with zero attached hydrogens (tertiary/aromatic N) is 6. The van der Waals surface area contributed by atoms with Crippen molar-refractivity contribution >= 4 is 49.8 Å². The van der Waals surface area contributed by atoms with Crippen LogP contribution < -0.4 is 4.90 Å². The van der Waals surface area contributed by atoms with Crippen LogP contribution >= 0.6 is 22.7 Å². The van der Waals surface area contributed by atoms with Crippen LogP contribution in [0.4, 0.5) is 5.95 Å². The molecular formula is C16H14N6OS2. The lowest BCUT2D eigenvalue weighted by Gasteiger charge is -2.34. The third kappa shape index (κ3) is 2.47. The second kappa shape index (κ2) is 5.78. The monoisotopic (exact) mass is 370 g/mol. The number of thiophene rings is 1. The lowest BCUT2D eigenvalue weighted by Crippen LogP contribution is -2.49. The Balaban J connectivity index is 1.34. The summed E-state index contributed by atoms with van der Waals surface area (Å²) in [5, 5.41) is 2.01. The van der Waals surface area contributed by atoms with Gasteiger partial charge in [-0.3, -0.25) is 9.20 Å². The summed E-state index contributed by atoms with van der Waals surface area (Å²) in [7, 11) is 0. The van der Waals surface area contributed by atoms with Crippen molar-refractivity contribution in [2.45, 2.75) is 0 Å². The number of fused-ring (bicyclic) bond motifs is 3. The van der Waals surface area contributed by atoms with Crippen molar-refractivity contribution in [1.29, 1.82) is 0 Å². The van der Waals surface area contributed by atoms with Gasteiger partial charge in [-0.05, 0) is 12.1 Å². The summed E-state index contributed by atoms with van der Waals surface area (Å²) < 4.78 is 2.04. The zero-order valence-corrected chi connectivity index (χ0v) is 14.8. The number of thiazole rings is 1. The summed E-state index contributed by atoms with van der Waals surface area (Å²) in [6.07, 6.45) is 5.48. The van der Waals surface area contributed by atoms with E-state index in [1.807, 2.05) is 26.9 Å². The number of hydrogen-bond acceptors (Lipinski definition) is 7. The van der Waals surface area contributed by atoms with Crippen molar-refractivity contribution in [2.24, 2.45) is 0 Å². The Morgan fingerprint density at radius 1 is 1.12 bits per heavy atom. The van der Waals surface area contributed by atoms with E-state index in [1.165, 1.54) is 11.3 Å². The van der Waals surface area contributed by atoms with E-state index in [-0.39, 0.29) is 5.91 Å². The summed E-state index contributed by atoms with van der Waals surface area (Å²) in [5.41, 5.74) is 1.01. The molecule has 4 aromatic heterocycles. The van der Waals surface area contributed by atoms with Gasteiger partial charge in [-0.25, -0.2) is 15.0 Å². The quantitative estimate of drug-likeness (QED) is 0.542. The van der Waals surface area contributed by atoms with E-state index in [1.54, 1.807) is 29.8 Å². The molecule has 0 N–H and O–H groups in total. The summed E-state index contributed by atoms with van der Waals surface area (Å²) in [6.45, 7) is 2.84. The summed E-state index contributed by atoms with van der Waals surface area (Å²) in [6, 6.07) is 3.77. The van der Waals surface area contributed by atoms with Gasteiger partial charge in [0.25, 0.3) is 5.91 Å². The minimum Gasteiger partial charge on any atom is -0.337 e. The van der Waals surface area contributed by atoms with Gasteiger partial charge in [-0.15, -0.1) is 22.7 Å². The molecule has 4 aromatic rings. The summed E-state index contributed by atoms with van der Waals surface area (Å²) in [4.78, 5) is 32.6. The predicted molar refractivity (Wildman–Crippen MR) is 98.6 cm³/mol. The highest BCUT2D eigenvalue weighted by atomic mass is 32.1. The zero-order chi connectivity index (χ0) is 16.8. The molecule has 0 bridgehead atoms. The van der Waals surface area contributed by atoms with Crippen LogP contribution in [0.15, 0.2) is 36.1 Å². The van der Waals surface area contributed by atoms with Crippen molar-refractivity contribution in [3.05, 3.63) is 41.0 Å². The van der Waals surface area contributed by atoms with Crippen LogP contribution in [0.3, 0.4) is 0 Å². The van der Waals surface area contributed by atoms with Crippen LogP contribution in [0.1, 0.15) is 9.67 Å². The Morgan fingerprint density at radius 2 is 1.92 bits per heavy atom. The van der Waals surface area contributed by atoms with E-state index in [9.17, 15) is 4.79 Å². The molecule has 1 aliphatic rings. The summed E-state index contributed by atoms with van der Waals surface area (Å²) in [5.74, 6) is 0.811. The molecule has 0 atom stereocenters. The molecule has 9 heteroatoms. The fourth-order valence-corrected chi connectivity index (χ4v) is 4.84. The molecule has 1 amide bonds. The van der Waals surface area contributed by atoms with Crippen LogP contribution in [-0.2, 0) is 0 Å². The van der Waals surface area contributed by atoms with E-state index in [0.29, 0.717) is 13.1 Å². The highest BCUT2D eigenvalue weighted by Gasteiger charge is 2.25. The van der Waals surface area contributed by atoms with Gasteiger partial charge in [0.15, 0.2) is 4.96 Å². The van der Waals surface area contributed by atoms with E-state index in [2.05, 4.69) is 19.9 Å². The average molecular weight is 370 g/mol. The molecule has 0 spiro atoms. The number of carbonyl (C=O) groups is 1. The first-order valence-electron chi connectivity index (χ1n) is 7.96. The molecule has 0 radical (unpaired) electrons. The number of piperazine rings is 1. The SMILES string of the molecule is O=C(c1cc2c(nc3sccn32)s1)N1CCN(c2ncccn2)CC1. The van der Waals surface area contributed by atoms with E-state index >= 15 is 0 Å². The van der Waals surface area contributed by atoms with E-state index < -0.39 is 0 Å². The maximum atomic E-state index is 12.8. The minimum atomic E-state index is 0.0839. The third-order valence-corrected chi connectivity index (χ3v) is 6.12. The molecule has 1 saturated heterocycles. The molecule has 1 aliphatic heterocycles. The van der Waals surface area contributed by atoms with Gasteiger partial charge in [-0.2, -0.15) is 0 Å². The summed E-state index contributed by atoms with van der Waals surface area (Å²) >= 11 is 3.08. The molecule has 126 valence electrons. The van der Waals surface area contributed by atoms with Gasteiger partial charge in [0.1, 0.15) is 4.83 Å². The minimum absolute atomic E-state index is 0.0839. The maximum absolute atomic E-state index is 12.8. The molecule has 1 fully saturated rings. The molecule has 5 rings (SSSR count). The van der Waals surface area contributed by atoms with Crippen molar-refractivity contribution in [2.75, 3.05) is 31.1 Å². The normalized spacial score (nSPS) is 15.4. The Labute approximate surface area is 151 Å². The molecule has 0 aliphatic carbocycles. The number of aromatic nitrogens is 4. The number of amides is 1. The van der Waals surface area contributed by atoms with E-state index in [0.717, 1.165) is 39.2 Å². The second-order valence-electron chi connectivity index (χ2n) is 5.80. The van der Waals surface area contributed by atoms with E-state index in [4.69, 9.17) is 0 Å². The van der Waals surface area contributed by atoms with Crippen LogP contribution in [0.25, 0.3) is 15.3 Å². The molecule has 5 heterocycles. The molecule has 25 heavy (non-hydrogen) atoms. The van der Waals surface area contributed by atoms with Gasteiger partial charge in [0.05, 0.1) is 10.4 Å². The Kier molecular flexibility index (Phi) is 3.42. The van der Waals surface area contributed by atoms with Crippen LogP contribution in [-0.4, -0.2) is 56.3 Å². The van der Waals surface area contributed by atoms with Gasteiger partial charge >= 0.3 is 0 Å². The van der Waals surface area contributed by atoms with Crippen molar-refractivity contribution in [1.82, 2.24) is 24.3 Å². The number of carbonyl (C=O) groups excluding carboxylic acids is 1. The van der Waals surface area contributed by atoms with Crippen molar-refractivity contribution in [3.63, 3.8) is 0 Å². The lowest BCUT2D eigenvalue weighted by molar-refractivity contribution is 0.0751. The third-order valence-electron chi connectivity index (χ3n) is 4.35. The Morgan fingerprint density at radius 3 is 2.72 bits per heavy atom. The Bertz CT molecular complexity index is 1040. The van der Waals surface area contributed by atoms with Gasteiger partial charge in [-0.1, -0.05) is 0 Å². The van der Waals surface area contributed by atoms with Crippen LogP contribution in [0.2, 0.25) is 0 Å². The first kappa shape index (κ1) is 14.8. The fourth-order valence-electron chi connectivity index (χ4n) is 3.07. The van der Waals surface area contributed by atoms with Crippen molar-refractivity contribution < 1.29 is 4.79 Å². The first-order valence-corrected chi connectivity index (χ1v) is 9.65. The maximum Gasteiger partial charge on any atom is 0.264 e. The highest BCUT2D eigenvalue weighted by molar-refractivity contribution is 7.21. The Hall–Kier alpha value is -2.52. The highest BCUT2D eigenvalue weighted by Crippen LogP contribution is 2.29. The second-order valence-corrected chi connectivity index (χ2v) is 7.70. The predicted octanol–water partition coefficient (Wildman–Crippen LogP) is 2.36. The van der Waals surface area contributed by atoms with Gasteiger partial charge in [0.2, 0.25) is 5.95 Å². The van der Waals surface area contributed by atoms with Gasteiger partial charge in [0, 0.05) is 50.1 Å². The number of hydrogen-bond donors (Lipinski definition) is 0. The molecule has 7 nitrogen and oxygen atoms in total. The smallest absolute Gasteiger partial charge is 0.264 e. The first-order chi connectivity index (χ1) is 12.3. The molecule has 0 aromatic carbocycles. The van der Waals surface area contributed by atoms with Gasteiger partial charge < -0.3 is 9.80 Å². The fraction of sp³-hybridized carbons (Fsp3) is 0.250. The number of imidazole rings is 1. The zero-order valence-electron chi connectivity index (χ0n) is 13.2. The molecular weight excluding hydrogens is 356 g/mol. The lowest BCUT2D eigenvalue weighted by atomic mass is 10.3. The largest absolute Gasteiger partial charge is 0.337 e. The van der Waals surface area contributed by atoms with Crippen LogP contribution in [0.5, 0.6) is 0 Å². The molecule has 0 unspecified atom stereocenters. The molecule has 0 saturated carbocycles. The standard InChI is InChI=1S/C16H14N6OS2/c23-14(12-10-11-13(25-12)19-16-22(11)8-9-24-16)20-4-6-21(7-5-20)15-17-2-1-3-18-15/h1-3,8-10H,4-7H2. The number of rotatable bonds is 2.